The van der Waals surface area contributed by atoms with Gasteiger partial charge in [-0.3, -0.25) is 14.5 Å². The zero-order valence-corrected chi connectivity index (χ0v) is 17.6. The molecule has 1 aromatic heterocycles. The molecule has 3 aromatic rings. The Morgan fingerprint density at radius 1 is 1.07 bits per heavy atom. The van der Waals surface area contributed by atoms with Crippen molar-refractivity contribution in [1.29, 1.82) is 0 Å². The second kappa shape index (κ2) is 8.11. The minimum atomic E-state index is -0.333. The Hall–Kier alpha value is -2.47. The minimum absolute atomic E-state index is 0.241. The molecule has 0 N–H and O–H groups in total. The van der Waals surface area contributed by atoms with Crippen molar-refractivity contribution in [3.8, 4) is 11.3 Å². The van der Waals surface area contributed by atoms with Gasteiger partial charge in [-0.05, 0) is 54.6 Å². The number of rotatable bonds is 4. The third-order valence-electron chi connectivity index (χ3n) is 4.39. The molecule has 0 atom stereocenters. The van der Waals surface area contributed by atoms with Gasteiger partial charge in [-0.2, -0.15) is 0 Å². The van der Waals surface area contributed by atoms with E-state index in [2.05, 4.69) is 0 Å². The topological polar surface area (TPSA) is 50.5 Å². The Bertz CT molecular complexity index is 1150. The van der Waals surface area contributed by atoms with Crippen molar-refractivity contribution in [3.05, 3.63) is 86.4 Å². The Morgan fingerprint density at radius 2 is 1.90 bits per heavy atom. The van der Waals surface area contributed by atoms with Gasteiger partial charge in [-0.15, -0.1) is 0 Å². The molecule has 4 rings (SSSR count). The molecule has 146 valence electrons. The average molecular weight is 444 g/mol. The summed E-state index contributed by atoms with van der Waals surface area (Å²) in [6, 6.07) is 16.3. The summed E-state index contributed by atoms with van der Waals surface area (Å²) >= 11 is 13.2. The van der Waals surface area contributed by atoms with Crippen LogP contribution in [-0.2, 0) is 11.3 Å². The van der Waals surface area contributed by atoms with E-state index in [0.29, 0.717) is 32.0 Å². The number of benzene rings is 2. The summed E-state index contributed by atoms with van der Waals surface area (Å²) in [5.74, 6) is 0.653. The number of thioether (sulfide) groups is 1. The van der Waals surface area contributed by atoms with Crippen molar-refractivity contribution >= 4 is 52.2 Å². The van der Waals surface area contributed by atoms with Gasteiger partial charge in [-0.25, -0.2) is 0 Å². The lowest BCUT2D eigenvalue weighted by molar-refractivity contribution is -0.123. The number of hydrogen-bond donors (Lipinski definition) is 0. The molecule has 1 aliphatic rings. The molecule has 2 aromatic carbocycles. The van der Waals surface area contributed by atoms with Crippen LogP contribution in [0.5, 0.6) is 0 Å². The molecule has 0 saturated carbocycles. The Labute approximate surface area is 182 Å². The predicted molar refractivity (Wildman–Crippen MR) is 117 cm³/mol. The molecule has 29 heavy (non-hydrogen) atoms. The van der Waals surface area contributed by atoms with E-state index in [0.717, 1.165) is 22.9 Å². The van der Waals surface area contributed by atoms with E-state index in [4.69, 9.17) is 27.6 Å². The van der Waals surface area contributed by atoms with E-state index < -0.39 is 0 Å². The number of aryl methyl sites for hydroxylation is 1. The number of nitrogens with zero attached hydrogens (tertiary/aromatic N) is 1. The summed E-state index contributed by atoms with van der Waals surface area (Å²) in [6.45, 7) is 2.21. The first kappa shape index (κ1) is 19.8. The molecule has 1 fully saturated rings. The fraction of sp³-hybridized carbons (Fsp3) is 0.0909. The van der Waals surface area contributed by atoms with E-state index in [9.17, 15) is 9.59 Å². The van der Waals surface area contributed by atoms with Gasteiger partial charge in [0.15, 0.2) is 0 Å². The van der Waals surface area contributed by atoms with Gasteiger partial charge in [-0.1, -0.05) is 53.0 Å². The number of furan rings is 1. The molecule has 1 saturated heterocycles. The number of carbonyl (C=O) groups is 2. The van der Waals surface area contributed by atoms with E-state index in [1.54, 1.807) is 36.4 Å². The summed E-state index contributed by atoms with van der Waals surface area (Å²) in [5, 5.41) is 0.751. The fourth-order valence-corrected chi connectivity index (χ4v) is 4.22. The molecule has 0 spiro atoms. The third kappa shape index (κ3) is 4.27. The van der Waals surface area contributed by atoms with Crippen LogP contribution in [0.4, 0.5) is 4.79 Å². The molecule has 2 amide bonds. The van der Waals surface area contributed by atoms with Crippen molar-refractivity contribution in [2.75, 3.05) is 0 Å². The van der Waals surface area contributed by atoms with Crippen molar-refractivity contribution in [3.63, 3.8) is 0 Å². The Balaban J connectivity index is 1.56. The number of carbonyl (C=O) groups excluding carboxylic acids is 2. The van der Waals surface area contributed by atoms with Crippen molar-refractivity contribution in [2.45, 2.75) is 13.5 Å². The predicted octanol–water partition coefficient (Wildman–Crippen LogP) is 6.80. The maximum atomic E-state index is 12.7. The number of hydrogen-bond acceptors (Lipinski definition) is 4. The number of halogens is 2. The normalized spacial score (nSPS) is 15.6. The summed E-state index contributed by atoms with van der Waals surface area (Å²) in [6.07, 6.45) is 1.57. The molecule has 0 unspecified atom stereocenters. The lowest BCUT2D eigenvalue weighted by atomic mass is 10.1. The van der Waals surface area contributed by atoms with Crippen LogP contribution in [0.3, 0.4) is 0 Å². The first-order valence-electron chi connectivity index (χ1n) is 8.77. The summed E-state index contributed by atoms with van der Waals surface area (Å²) in [4.78, 5) is 26.6. The van der Waals surface area contributed by atoms with Gasteiger partial charge < -0.3 is 4.42 Å². The number of imide groups is 1. The lowest BCUT2D eigenvalue weighted by Crippen LogP contribution is -2.27. The quantitative estimate of drug-likeness (QED) is 0.416. The van der Waals surface area contributed by atoms with Gasteiger partial charge in [0.1, 0.15) is 11.5 Å². The molecule has 4 nitrogen and oxygen atoms in total. The van der Waals surface area contributed by atoms with Crippen molar-refractivity contribution in [2.24, 2.45) is 0 Å². The fourth-order valence-electron chi connectivity index (χ4n) is 3.02. The second-order valence-electron chi connectivity index (χ2n) is 6.58. The largest absolute Gasteiger partial charge is 0.457 e. The molecule has 0 radical (unpaired) electrons. The molecular weight excluding hydrogens is 429 g/mol. The SMILES string of the molecule is Cc1cccc(CN2C(=O)S/C(=C\c3ccc(-c4cc(Cl)ccc4Cl)o3)C2=O)c1. The highest BCUT2D eigenvalue weighted by molar-refractivity contribution is 8.18. The molecule has 0 bridgehead atoms. The second-order valence-corrected chi connectivity index (χ2v) is 8.42. The van der Waals surface area contributed by atoms with Crippen LogP contribution in [0.15, 0.2) is 63.9 Å². The third-order valence-corrected chi connectivity index (χ3v) is 5.86. The van der Waals surface area contributed by atoms with Crippen LogP contribution in [0.25, 0.3) is 17.4 Å². The summed E-state index contributed by atoms with van der Waals surface area (Å²) in [7, 11) is 0. The van der Waals surface area contributed by atoms with Crippen molar-refractivity contribution < 1.29 is 14.0 Å². The van der Waals surface area contributed by atoms with Gasteiger partial charge in [0.2, 0.25) is 0 Å². The lowest BCUT2D eigenvalue weighted by Gasteiger charge is -2.12. The standard InChI is InChI=1S/C22H15Cl2NO3S/c1-13-3-2-4-14(9-13)12-25-21(26)20(29-22(25)27)11-16-6-8-19(28-16)17-10-15(23)5-7-18(17)24/h2-11H,12H2,1H3/b20-11-. The summed E-state index contributed by atoms with van der Waals surface area (Å²) in [5.41, 5.74) is 2.64. The highest BCUT2D eigenvalue weighted by atomic mass is 35.5. The number of amides is 2. The van der Waals surface area contributed by atoms with Crippen LogP contribution in [-0.4, -0.2) is 16.0 Å². The van der Waals surface area contributed by atoms with E-state index in [1.807, 2.05) is 31.2 Å². The Morgan fingerprint density at radius 3 is 2.69 bits per heavy atom. The highest BCUT2D eigenvalue weighted by Crippen LogP contribution is 2.36. The maximum Gasteiger partial charge on any atom is 0.293 e. The molecule has 2 heterocycles. The van der Waals surface area contributed by atoms with Crippen LogP contribution >= 0.6 is 35.0 Å². The Kier molecular flexibility index (Phi) is 5.54. The summed E-state index contributed by atoms with van der Waals surface area (Å²) < 4.78 is 5.81. The molecule has 1 aliphatic heterocycles. The zero-order chi connectivity index (χ0) is 20.5. The van der Waals surface area contributed by atoms with E-state index in [-0.39, 0.29) is 17.7 Å². The van der Waals surface area contributed by atoms with Crippen LogP contribution < -0.4 is 0 Å². The van der Waals surface area contributed by atoms with Crippen molar-refractivity contribution in [1.82, 2.24) is 4.90 Å². The highest BCUT2D eigenvalue weighted by Gasteiger charge is 2.35. The van der Waals surface area contributed by atoms with E-state index in [1.165, 1.54) is 4.90 Å². The minimum Gasteiger partial charge on any atom is -0.457 e. The monoisotopic (exact) mass is 443 g/mol. The van der Waals surface area contributed by atoms with Crippen LogP contribution in [0.2, 0.25) is 10.0 Å². The van der Waals surface area contributed by atoms with Gasteiger partial charge in [0.05, 0.1) is 16.5 Å². The zero-order valence-electron chi connectivity index (χ0n) is 15.3. The average Bonchev–Trinajstić information content (AvgIpc) is 3.24. The van der Waals surface area contributed by atoms with E-state index >= 15 is 0 Å². The first-order chi connectivity index (χ1) is 13.9. The molecule has 0 aliphatic carbocycles. The van der Waals surface area contributed by atoms with Crippen LogP contribution in [0, 0.1) is 6.92 Å². The first-order valence-corrected chi connectivity index (χ1v) is 10.3. The maximum absolute atomic E-state index is 12.7. The molecule has 7 heteroatoms. The van der Waals surface area contributed by atoms with Gasteiger partial charge in [0, 0.05) is 16.7 Å². The smallest absolute Gasteiger partial charge is 0.293 e. The molecular formula is C22H15Cl2NO3S. The van der Waals surface area contributed by atoms with Gasteiger partial charge >= 0.3 is 0 Å². The van der Waals surface area contributed by atoms with Crippen LogP contribution in [0.1, 0.15) is 16.9 Å². The van der Waals surface area contributed by atoms with Gasteiger partial charge in [0.25, 0.3) is 11.1 Å².